The average molecular weight is 434 g/mol. The van der Waals surface area contributed by atoms with Gasteiger partial charge in [0.25, 0.3) is 0 Å². The molecule has 0 aliphatic carbocycles. The fraction of sp³-hybridized carbons (Fsp3) is 0.440. The molecule has 0 spiro atoms. The van der Waals surface area contributed by atoms with Crippen molar-refractivity contribution < 1.29 is 9.53 Å². The number of anilines is 3. The first-order chi connectivity index (χ1) is 15.7. The molecule has 0 radical (unpaired) electrons. The molecule has 168 valence electrons. The van der Waals surface area contributed by atoms with E-state index in [1.807, 2.05) is 36.4 Å². The number of rotatable bonds is 6. The number of nitriles is 1. The van der Waals surface area contributed by atoms with Crippen molar-refractivity contribution in [3.63, 3.8) is 0 Å². The Labute approximate surface area is 190 Å². The molecule has 7 heteroatoms. The molecule has 0 bridgehead atoms. The zero-order valence-electron chi connectivity index (χ0n) is 18.5. The Hall–Kier alpha value is -3.08. The predicted molar refractivity (Wildman–Crippen MR) is 127 cm³/mol. The van der Waals surface area contributed by atoms with Crippen LogP contribution < -0.4 is 15.1 Å². The summed E-state index contributed by atoms with van der Waals surface area (Å²) >= 11 is 0. The van der Waals surface area contributed by atoms with Crippen LogP contribution in [0.5, 0.6) is 0 Å². The summed E-state index contributed by atoms with van der Waals surface area (Å²) in [5.74, 6) is 0.0531. The highest BCUT2D eigenvalue weighted by Crippen LogP contribution is 2.20. The zero-order chi connectivity index (χ0) is 22.2. The highest BCUT2D eigenvalue weighted by Gasteiger charge is 2.16. The van der Waals surface area contributed by atoms with Crippen LogP contribution in [0.2, 0.25) is 0 Å². The van der Waals surface area contributed by atoms with Crippen molar-refractivity contribution >= 4 is 23.0 Å². The van der Waals surface area contributed by atoms with Crippen molar-refractivity contribution in [2.75, 3.05) is 74.1 Å². The molecule has 2 heterocycles. The van der Waals surface area contributed by atoms with Gasteiger partial charge in [-0.05, 0) is 61.5 Å². The van der Waals surface area contributed by atoms with Crippen LogP contribution in [0.1, 0.15) is 18.4 Å². The molecular formula is C25H31N5O2. The Morgan fingerprint density at radius 3 is 2.22 bits per heavy atom. The molecule has 0 saturated carbocycles. The van der Waals surface area contributed by atoms with Crippen molar-refractivity contribution in [1.29, 1.82) is 5.26 Å². The minimum atomic E-state index is 0.0531. The third-order valence-corrected chi connectivity index (χ3v) is 6.13. The van der Waals surface area contributed by atoms with Crippen molar-refractivity contribution in [2.45, 2.75) is 12.8 Å². The topological polar surface area (TPSA) is 71.8 Å². The molecule has 2 aromatic rings. The van der Waals surface area contributed by atoms with Crippen molar-refractivity contribution in [1.82, 2.24) is 4.90 Å². The van der Waals surface area contributed by atoms with E-state index < -0.39 is 0 Å². The van der Waals surface area contributed by atoms with Gasteiger partial charge in [-0.15, -0.1) is 0 Å². The Bertz CT molecular complexity index is 917. The molecule has 2 saturated heterocycles. The van der Waals surface area contributed by atoms with Crippen molar-refractivity contribution in [2.24, 2.45) is 0 Å². The van der Waals surface area contributed by atoms with Crippen LogP contribution in [0, 0.1) is 11.3 Å². The second kappa shape index (κ2) is 11.0. The Morgan fingerprint density at radius 1 is 0.875 bits per heavy atom. The molecule has 2 fully saturated rings. The SMILES string of the molecule is N#Cc1ccc(N2CCCN(CCC(=O)Nc3ccc(N4CCOCC4)cc3)CC2)cc1. The molecule has 2 aliphatic heterocycles. The second-order valence-corrected chi connectivity index (χ2v) is 8.29. The molecule has 1 amide bonds. The summed E-state index contributed by atoms with van der Waals surface area (Å²) in [4.78, 5) is 19.5. The van der Waals surface area contributed by atoms with E-state index >= 15 is 0 Å². The number of benzene rings is 2. The number of carbonyl (C=O) groups excluding carboxylic acids is 1. The average Bonchev–Trinajstić information content (AvgIpc) is 3.10. The standard InChI is InChI=1S/C25H31N5O2/c26-20-21-2-6-23(7-3-21)29-12-1-11-28(14-15-29)13-10-25(31)27-22-4-8-24(9-5-22)30-16-18-32-19-17-30/h2-9H,1,10-19H2,(H,27,31). The van der Waals surface area contributed by atoms with E-state index in [2.05, 4.69) is 38.2 Å². The summed E-state index contributed by atoms with van der Waals surface area (Å²) in [6.45, 7) is 7.95. The molecule has 2 aromatic carbocycles. The summed E-state index contributed by atoms with van der Waals surface area (Å²) < 4.78 is 5.40. The summed E-state index contributed by atoms with van der Waals surface area (Å²) in [5.41, 5.74) is 3.86. The van der Waals surface area contributed by atoms with Gasteiger partial charge in [0.15, 0.2) is 0 Å². The molecule has 2 aliphatic rings. The van der Waals surface area contributed by atoms with Crippen LogP contribution in [0.3, 0.4) is 0 Å². The molecule has 1 N–H and O–H groups in total. The quantitative estimate of drug-likeness (QED) is 0.755. The monoisotopic (exact) mass is 433 g/mol. The maximum absolute atomic E-state index is 12.5. The van der Waals surface area contributed by atoms with Gasteiger partial charge in [0.05, 0.1) is 24.8 Å². The minimum absolute atomic E-state index is 0.0531. The largest absolute Gasteiger partial charge is 0.378 e. The zero-order valence-corrected chi connectivity index (χ0v) is 18.5. The smallest absolute Gasteiger partial charge is 0.225 e. The van der Waals surface area contributed by atoms with Gasteiger partial charge < -0.3 is 24.8 Å². The third-order valence-electron chi connectivity index (χ3n) is 6.13. The Balaban J connectivity index is 1.21. The van der Waals surface area contributed by atoms with Crippen molar-refractivity contribution in [3.8, 4) is 6.07 Å². The summed E-state index contributed by atoms with van der Waals surface area (Å²) in [6, 6.07) is 18.0. The van der Waals surface area contributed by atoms with Gasteiger partial charge in [0.1, 0.15) is 0 Å². The van der Waals surface area contributed by atoms with E-state index in [9.17, 15) is 4.79 Å². The van der Waals surface area contributed by atoms with Gasteiger partial charge in [-0.25, -0.2) is 0 Å². The number of amides is 1. The number of hydrogen-bond acceptors (Lipinski definition) is 6. The number of nitrogens with zero attached hydrogens (tertiary/aromatic N) is 4. The lowest BCUT2D eigenvalue weighted by molar-refractivity contribution is -0.116. The number of nitrogens with one attached hydrogen (secondary N) is 1. The second-order valence-electron chi connectivity index (χ2n) is 8.29. The predicted octanol–water partition coefficient (Wildman–Crippen LogP) is 2.94. The number of ether oxygens (including phenoxy) is 1. The van der Waals surface area contributed by atoms with Gasteiger partial charge in [-0.3, -0.25) is 4.79 Å². The highest BCUT2D eigenvalue weighted by atomic mass is 16.5. The lowest BCUT2D eigenvalue weighted by atomic mass is 10.2. The molecule has 32 heavy (non-hydrogen) atoms. The molecular weight excluding hydrogens is 402 g/mol. The number of carbonyl (C=O) groups is 1. The van der Waals surface area contributed by atoms with E-state index in [1.54, 1.807) is 0 Å². The van der Waals surface area contributed by atoms with Crippen LogP contribution in [0.4, 0.5) is 17.1 Å². The van der Waals surface area contributed by atoms with Gasteiger partial charge in [-0.2, -0.15) is 5.26 Å². The maximum atomic E-state index is 12.5. The van der Waals surface area contributed by atoms with E-state index in [1.165, 1.54) is 5.69 Å². The van der Waals surface area contributed by atoms with Gasteiger partial charge in [0, 0.05) is 62.8 Å². The number of morpholine rings is 1. The fourth-order valence-corrected chi connectivity index (χ4v) is 4.26. The van der Waals surface area contributed by atoms with Crippen molar-refractivity contribution in [3.05, 3.63) is 54.1 Å². The van der Waals surface area contributed by atoms with Crippen LogP contribution in [-0.4, -0.2) is 69.8 Å². The summed E-state index contributed by atoms with van der Waals surface area (Å²) in [5, 5.41) is 12.0. The minimum Gasteiger partial charge on any atom is -0.378 e. The highest BCUT2D eigenvalue weighted by molar-refractivity contribution is 5.91. The van der Waals surface area contributed by atoms with Crippen LogP contribution in [0.15, 0.2) is 48.5 Å². The molecule has 7 nitrogen and oxygen atoms in total. The lowest BCUT2D eigenvalue weighted by Crippen LogP contribution is -2.36. The Morgan fingerprint density at radius 2 is 1.53 bits per heavy atom. The van der Waals surface area contributed by atoms with E-state index in [4.69, 9.17) is 10.00 Å². The molecule has 0 aromatic heterocycles. The van der Waals surface area contributed by atoms with E-state index in [-0.39, 0.29) is 5.91 Å². The first-order valence-electron chi connectivity index (χ1n) is 11.4. The summed E-state index contributed by atoms with van der Waals surface area (Å²) in [7, 11) is 0. The molecule has 0 atom stereocenters. The van der Waals surface area contributed by atoms with Crippen LogP contribution >= 0.6 is 0 Å². The van der Waals surface area contributed by atoms with Crippen LogP contribution in [-0.2, 0) is 9.53 Å². The first kappa shape index (κ1) is 22.1. The van der Waals surface area contributed by atoms with Gasteiger partial charge in [0.2, 0.25) is 5.91 Å². The van der Waals surface area contributed by atoms with Gasteiger partial charge >= 0.3 is 0 Å². The van der Waals surface area contributed by atoms with Crippen LogP contribution in [0.25, 0.3) is 0 Å². The fourth-order valence-electron chi connectivity index (χ4n) is 4.26. The third kappa shape index (κ3) is 6.00. The lowest BCUT2D eigenvalue weighted by Gasteiger charge is -2.28. The first-order valence-corrected chi connectivity index (χ1v) is 11.4. The number of hydrogen-bond donors (Lipinski definition) is 1. The van der Waals surface area contributed by atoms with E-state index in [0.717, 1.165) is 76.8 Å². The molecule has 4 rings (SSSR count). The summed E-state index contributed by atoms with van der Waals surface area (Å²) in [6.07, 6.45) is 1.55. The molecule has 0 unspecified atom stereocenters. The van der Waals surface area contributed by atoms with Gasteiger partial charge in [-0.1, -0.05) is 0 Å². The normalized spacial score (nSPS) is 17.5. The Kier molecular flexibility index (Phi) is 7.59. The van der Waals surface area contributed by atoms with E-state index in [0.29, 0.717) is 12.0 Å². The maximum Gasteiger partial charge on any atom is 0.225 e.